The van der Waals surface area contributed by atoms with Crippen LogP contribution in [0.3, 0.4) is 0 Å². The van der Waals surface area contributed by atoms with E-state index in [0.717, 1.165) is 40.1 Å². The summed E-state index contributed by atoms with van der Waals surface area (Å²) >= 11 is 7.03. The largest absolute Gasteiger partial charge is 0.379 e. The molecule has 1 saturated heterocycles. The minimum atomic E-state index is -0.348. The van der Waals surface area contributed by atoms with Crippen molar-refractivity contribution < 1.29 is 4.74 Å². The molecule has 1 unspecified atom stereocenters. The molecular weight excluding hydrogens is 292 g/mol. The Morgan fingerprint density at radius 3 is 2.85 bits per heavy atom. The third-order valence-corrected chi connectivity index (χ3v) is 5.59. The van der Waals surface area contributed by atoms with E-state index in [1.165, 1.54) is 0 Å². The van der Waals surface area contributed by atoms with Gasteiger partial charge in [-0.3, -0.25) is 9.36 Å². The van der Waals surface area contributed by atoms with Crippen LogP contribution >= 0.6 is 23.6 Å². The van der Waals surface area contributed by atoms with E-state index in [4.69, 9.17) is 17.0 Å². The highest BCUT2D eigenvalue weighted by Gasteiger charge is 2.32. The molecule has 3 heterocycles. The van der Waals surface area contributed by atoms with Crippen molar-refractivity contribution in [3.63, 3.8) is 0 Å². The third-order valence-electron chi connectivity index (χ3n) is 4.18. The molecule has 4 nitrogen and oxygen atoms in total. The van der Waals surface area contributed by atoms with Crippen LogP contribution in [0.15, 0.2) is 4.79 Å². The van der Waals surface area contributed by atoms with Gasteiger partial charge in [-0.05, 0) is 51.4 Å². The Hall–Kier alpha value is -0.980. The van der Waals surface area contributed by atoms with Crippen molar-refractivity contribution in [2.24, 2.45) is 0 Å². The molecule has 1 N–H and O–H groups in total. The minimum absolute atomic E-state index is 0.0126. The standard InChI is InChI=1S/C14H18N2O2S2/c1-8-9(2)20-11-10(8)12(17)16(13(19)15-11)14(3)5-4-6-18-7-14/h4-7H2,1-3H3,(H,15,19). The Morgan fingerprint density at radius 2 is 2.20 bits per heavy atom. The van der Waals surface area contributed by atoms with E-state index in [1.54, 1.807) is 15.9 Å². The third kappa shape index (κ3) is 1.98. The second-order valence-corrected chi connectivity index (χ2v) is 7.32. The predicted molar refractivity (Wildman–Crippen MR) is 84.4 cm³/mol. The quantitative estimate of drug-likeness (QED) is 0.822. The summed E-state index contributed by atoms with van der Waals surface area (Å²) in [5, 5.41) is 0.771. The lowest BCUT2D eigenvalue weighted by atomic mass is 9.94. The summed E-state index contributed by atoms with van der Waals surface area (Å²) < 4.78 is 7.80. The van der Waals surface area contributed by atoms with Gasteiger partial charge in [0.1, 0.15) is 4.83 Å². The van der Waals surface area contributed by atoms with E-state index in [2.05, 4.69) is 11.9 Å². The first-order chi connectivity index (χ1) is 9.44. The number of aromatic amines is 1. The fourth-order valence-corrected chi connectivity index (χ4v) is 4.44. The number of hydrogen-bond donors (Lipinski definition) is 1. The van der Waals surface area contributed by atoms with Gasteiger partial charge >= 0.3 is 0 Å². The summed E-state index contributed by atoms with van der Waals surface area (Å²) in [5.41, 5.74) is 0.716. The van der Waals surface area contributed by atoms with E-state index in [0.29, 0.717) is 11.4 Å². The summed E-state index contributed by atoms with van der Waals surface area (Å²) in [6, 6.07) is 0. The number of aromatic nitrogens is 2. The topological polar surface area (TPSA) is 47.0 Å². The molecule has 0 aromatic carbocycles. The van der Waals surface area contributed by atoms with E-state index >= 15 is 0 Å². The van der Waals surface area contributed by atoms with Gasteiger partial charge in [0.2, 0.25) is 0 Å². The van der Waals surface area contributed by atoms with E-state index in [-0.39, 0.29) is 11.1 Å². The van der Waals surface area contributed by atoms with Gasteiger partial charge in [-0.2, -0.15) is 0 Å². The van der Waals surface area contributed by atoms with Crippen molar-refractivity contribution in [1.82, 2.24) is 9.55 Å². The molecule has 0 radical (unpaired) electrons. The molecule has 0 aliphatic carbocycles. The lowest BCUT2D eigenvalue weighted by molar-refractivity contribution is 0.00692. The van der Waals surface area contributed by atoms with Gasteiger partial charge < -0.3 is 9.72 Å². The highest BCUT2D eigenvalue weighted by Crippen LogP contribution is 2.29. The Balaban J connectivity index is 2.34. The lowest BCUT2D eigenvalue weighted by Crippen LogP contribution is -2.45. The van der Waals surface area contributed by atoms with Crippen LogP contribution in [0.4, 0.5) is 0 Å². The number of nitrogens with one attached hydrogen (secondary N) is 1. The van der Waals surface area contributed by atoms with Crippen LogP contribution in [-0.4, -0.2) is 22.8 Å². The van der Waals surface area contributed by atoms with Crippen LogP contribution in [0.1, 0.15) is 30.2 Å². The fourth-order valence-electron chi connectivity index (χ4n) is 2.92. The van der Waals surface area contributed by atoms with Gasteiger partial charge in [-0.25, -0.2) is 0 Å². The van der Waals surface area contributed by atoms with Crippen LogP contribution in [0.2, 0.25) is 0 Å². The number of ether oxygens (including phenoxy) is 1. The molecule has 2 aromatic heterocycles. The maximum atomic E-state index is 12.9. The summed E-state index contributed by atoms with van der Waals surface area (Å²) in [6.07, 6.45) is 1.87. The van der Waals surface area contributed by atoms with E-state index in [1.807, 2.05) is 13.8 Å². The number of thiophene rings is 1. The zero-order valence-electron chi connectivity index (χ0n) is 11.9. The molecule has 20 heavy (non-hydrogen) atoms. The van der Waals surface area contributed by atoms with Crippen molar-refractivity contribution >= 4 is 33.8 Å². The first-order valence-electron chi connectivity index (χ1n) is 6.77. The monoisotopic (exact) mass is 310 g/mol. The summed E-state index contributed by atoms with van der Waals surface area (Å²) in [4.78, 5) is 18.2. The first-order valence-corrected chi connectivity index (χ1v) is 8.00. The number of nitrogens with zero attached hydrogens (tertiary/aromatic N) is 1. The first kappa shape index (κ1) is 14.0. The second kappa shape index (κ2) is 4.79. The molecule has 108 valence electrons. The molecule has 1 aliphatic heterocycles. The van der Waals surface area contributed by atoms with Gasteiger partial charge in [-0.1, -0.05) is 0 Å². The predicted octanol–water partition coefficient (Wildman–Crippen LogP) is 3.26. The Kier molecular flexibility index (Phi) is 3.35. The molecule has 0 amide bonds. The molecule has 2 aromatic rings. The van der Waals surface area contributed by atoms with Gasteiger partial charge in [0, 0.05) is 11.5 Å². The Morgan fingerprint density at radius 1 is 1.45 bits per heavy atom. The molecule has 3 rings (SSSR count). The maximum absolute atomic E-state index is 12.9. The van der Waals surface area contributed by atoms with Crippen LogP contribution in [0, 0.1) is 18.6 Å². The zero-order valence-corrected chi connectivity index (χ0v) is 13.5. The summed E-state index contributed by atoms with van der Waals surface area (Å²) in [6.45, 7) is 7.39. The second-order valence-electron chi connectivity index (χ2n) is 5.71. The maximum Gasteiger partial charge on any atom is 0.263 e. The summed E-state index contributed by atoms with van der Waals surface area (Å²) in [7, 11) is 0. The van der Waals surface area contributed by atoms with Crippen molar-refractivity contribution in [2.75, 3.05) is 13.2 Å². The van der Waals surface area contributed by atoms with Crippen LogP contribution in [0.5, 0.6) is 0 Å². The van der Waals surface area contributed by atoms with Crippen molar-refractivity contribution in [3.8, 4) is 0 Å². The molecule has 1 fully saturated rings. The lowest BCUT2D eigenvalue weighted by Gasteiger charge is -2.35. The minimum Gasteiger partial charge on any atom is -0.379 e. The number of rotatable bonds is 1. The number of H-pyrrole nitrogens is 1. The molecule has 1 atom stereocenters. The SMILES string of the molecule is Cc1sc2[nH]c(=S)n(C3(C)CCCOC3)c(=O)c2c1C. The summed E-state index contributed by atoms with van der Waals surface area (Å²) in [5.74, 6) is 0. The van der Waals surface area contributed by atoms with Gasteiger partial charge in [0.05, 0.1) is 17.5 Å². The van der Waals surface area contributed by atoms with Crippen molar-refractivity contribution in [2.45, 2.75) is 39.2 Å². The highest BCUT2D eigenvalue weighted by atomic mass is 32.1. The smallest absolute Gasteiger partial charge is 0.263 e. The van der Waals surface area contributed by atoms with Gasteiger partial charge in [0.15, 0.2) is 4.77 Å². The number of fused-ring (bicyclic) bond motifs is 1. The van der Waals surface area contributed by atoms with E-state index < -0.39 is 0 Å². The van der Waals surface area contributed by atoms with E-state index in [9.17, 15) is 4.79 Å². The molecule has 0 bridgehead atoms. The average Bonchev–Trinajstić information content (AvgIpc) is 2.65. The van der Waals surface area contributed by atoms with Crippen molar-refractivity contribution in [1.29, 1.82) is 0 Å². The van der Waals surface area contributed by atoms with Gasteiger partial charge in [-0.15, -0.1) is 11.3 Å². The van der Waals surface area contributed by atoms with Gasteiger partial charge in [0.25, 0.3) is 5.56 Å². The number of aryl methyl sites for hydroxylation is 2. The molecule has 0 spiro atoms. The highest BCUT2D eigenvalue weighted by molar-refractivity contribution is 7.71. The molecular formula is C14H18N2O2S2. The number of hydrogen-bond acceptors (Lipinski definition) is 4. The molecule has 6 heteroatoms. The normalized spacial score (nSPS) is 23.4. The fraction of sp³-hybridized carbons (Fsp3) is 0.571. The van der Waals surface area contributed by atoms with Crippen LogP contribution in [-0.2, 0) is 10.3 Å². The molecule has 1 aliphatic rings. The zero-order chi connectivity index (χ0) is 14.5. The van der Waals surface area contributed by atoms with Crippen LogP contribution < -0.4 is 5.56 Å². The molecule has 0 saturated carbocycles. The Labute approximate surface area is 126 Å². The average molecular weight is 310 g/mol. The van der Waals surface area contributed by atoms with Crippen molar-refractivity contribution in [3.05, 3.63) is 25.6 Å². The Bertz CT molecular complexity index is 779. The van der Waals surface area contributed by atoms with Crippen LogP contribution in [0.25, 0.3) is 10.2 Å².